The molecule has 3 heterocycles. The number of hydrogen-bond donors (Lipinski definition) is 1. The van der Waals surface area contributed by atoms with Crippen LogP contribution in [0, 0.1) is 6.92 Å². The second kappa shape index (κ2) is 10.9. The van der Waals surface area contributed by atoms with Gasteiger partial charge in [-0.3, -0.25) is 0 Å². The van der Waals surface area contributed by atoms with E-state index < -0.39 is 11.7 Å². The van der Waals surface area contributed by atoms with E-state index >= 15 is 0 Å². The Bertz CT molecular complexity index is 1490. The maximum absolute atomic E-state index is 13.4. The lowest BCUT2D eigenvalue weighted by Crippen LogP contribution is -2.38. The molecule has 4 aromatic rings. The number of carbonyl (C=O) groups excluding carboxylic acids is 1. The highest BCUT2D eigenvalue weighted by atomic mass is 19.4. The predicted octanol–water partition coefficient (Wildman–Crippen LogP) is 6.31. The second-order valence-electron chi connectivity index (χ2n) is 9.58. The van der Waals surface area contributed by atoms with E-state index in [0.717, 1.165) is 29.8 Å². The third kappa shape index (κ3) is 5.67. The zero-order valence-corrected chi connectivity index (χ0v) is 21.8. The van der Waals surface area contributed by atoms with Crippen LogP contribution in [0.2, 0.25) is 0 Å². The molecule has 2 aromatic carbocycles. The van der Waals surface area contributed by atoms with Crippen molar-refractivity contribution in [2.45, 2.75) is 39.3 Å². The SMILES string of the molecule is CCCc1nc(N2CCCN(C(=O)Nc3ccccc3C)CC2)c2c(-c3cccc(C(F)(F)F)c3)noc2n1. The van der Waals surface area contributed by atoms with Crippen LogP contribution >= 0.6 is 0 Å². The monoisotopic (exact) mass is 538 g/mol. The number of anilines is 2. The van der Waals surface area contributed by atoms with E-state index in [1.54, 1.807) is 11.0 Å². The van der Waals surface area contributed by atoms with E-state index in [1.165, 1.54) is 6.07 Å². The first-order valence-electron chi connectivity index (χ1n) is 12.9. The molecule has 0 aliphatic carbocycles. The van der Waals surface area contributed by atoms with Gasteiger partial charge >= 0.3 is 12.2 Å². The van der Waals surface area contributed by atoms with Crippen LogP contribution in [0.1, 0.15) is 36.7 Å². The van der Waals surface area contributed by atoms with Gasteiger partial charge in [0.2, 0.25) is 0 Å². The Morgan fingerprint density at radius 2 is 1.87 bits per heavy atom. The number of para-hydroxylation sites is 1. The Morgan fingerprint density at radius 1 is 1.05 bits per heavy atom. The summed E-state index contributed by atoms with van der Waals surface area (Å²) < 4.78 is 45.8. The largest absolute Gasteiger partial charge is 0.416 e. The molecule has 0 spiro atoms. The third-order valence-electron chi connectivity index (χ3n) is 6.77. The number of carbonyl (C=O) groups is 1. The quantitative estimate of drug-likeness (QED) is 0.321. The molecule has 1 N–H and O–H groups in total. The second-order valence-corrected chi connectivity index (χ2v) is 9.58. The van der Waals surface area contributed by atoms with Gasteiger partial charge in [0.25, 0.3) is 5.71 Å². The summed E-state index contributed by atoms with van der Waals surface area (Å²) in [6.07, 6.45) is -2.38. The Balaban J connectivity index is 1.46. The summed E-state index contributed by atoms with van der Waals surface area (Å²) in [5.41, 5.74) is 1.73. The maximum Gasteiger partial charge on any atom is 0.416 e. The molecule has 2 amide bonds. The van der Waals surface area contributed by atoms with Crippen LogP contribution in [0.3, 0.4) is 0 Å². The summed E-state index contributed by atoms with van der Waals surface area (Å²) in [6, 6.07) is 12.4. The summed E-state index contributed by atoms with van der Waals surface area (Å²) in [4.78, 5) is 26.1. The molecule has 0 atom stereocenters. The van der Waals surface area contributed by atoms with Crippen molar-refractivity contribution in [3.05, 3.63) is 65.5 Å². The zero-order chi connectivity index (χ0) is 27.6. The van der Waals surface area contributed by atoms with Crippen LogP contribution in [0.25, 0.3) is 22.4 Å². The van der Waals surface area contributed by atoms with Gasteiger partial charge in [-0.25, -0.2) is 9.78 Å². The minimum Gasteiger partial charge on any atom is -0.354 e. The molecule has 204 valence electrons. The number of halogens is 3. The first-order valence-corrected chi connectivity index (χ1v) is 12.9. The molecule has 1 fully saturated rings. The van der Waals surface area contributed by atoms with Crippen LogP contribution < -0.4 is 10.2 Å². The molecular formula is C28H29F3N6O2. The van der Waals surface area contributed by atoms with Gasteiger partial charge < -0.3 is 19.6 Å². The Labute approximate surface area is 223 Å². The highest BCUT2D eigenvalue weighted by molar-refractivity contribution is 5.98. The molecule has 1 aliphatic heterocycles. The van der Waals surface area contributed by atoms with Crippen molar-refractivity contribution in [3.63, 3.8) is 0 Å². The number of aryl methyl sites for hydroxylation is 2. The van der Waals surface area contributed by atoms with Crippen LogP contribution in [-0.2, 0) is 12.6 Å². The minimum atomic E-state index is -4.49. The van der Waals surface area contributed by atoms with E-state index in [9.17, 15) is 18.0 Å². The van der Waals surface area contributed by atoms with Crippen LogP contribution in [-0.4, -0.2) is 52.2 Å². The van der Waals surface area contributed by atoms with Crippen molar-refractivity contribution in [1.29, 1.82) is 0 Å². The van der Waals surface area contributed by atoms with E-state index in [1.807, 2.05) is 43.0 Å². The molecule has 2 aromatic heterocycles. The first-order chi connectivity index (χ1) is 18.7. The van der Waals surface area contributed by atoms with Crippen molar-refractivity contribution in [2.24, 2.45) is 0 Å². The number of nitrogens with zero attached hydrogens (tertiary/aromatic N) is 5. The lowest BCUT2D eigenvalue weighted by molar-refractivity contribution is -0.137. The summed E-state index contributed by atoms with van der Waals surface area (Å²) >= 11 is 0. The fourth-order valence-electron chi connectivity index (χ4n) is 4.72. The van der Waals surface area contributed by atoms with Crippen LogP contribution in [0.4, 0.5) is 29.5 Å². The van der Waals surface area contributed by atoms with Crippen molar-refractivity contribution in [3.8, 4) is 11.3 Å². The topological polar surface area (TPSA) is 87.4 Å². The molecule has 0 unspecified atom stereocenters. The first kappa shape index (κ1) is 26.5. The van der Waals surface area contributed by atoms with E-state index in [4.69, 9.17) is 9.51 Å². The van der Waals surface area contributed by atoms with Gasteiger partial charge in [0, 0.05) is 43.9 Å². The Morgan fingerprint density at radius 3 is 2.64 bits per heavy atom. The molecule has 39 heavy (non-hydrogen) atoms. The van der Waals surface area contributed by atoms with Crippen molar-refractivity contribution in [2.75, 3.05) is 36.4 Å². The smallest absolute Gasteiger partial charge is 0.354 e. The van der Waals surface area contributed by atoms with Crippen LogP contribution in [0.5, 0.6) is 0 Å². The third-order valence-corrected chi connectivity index (χ3v) is 6.77. The number of aromatic nitrogens is 3. The number of fused-ring (bicyclic) bond motifs is 1. The summed E-state index contributed by atoms with van der Waals surface area (Å²) in [5, 5.41) is 7.57. The highest BCUT2D eigenvalue weighted by Gasteiger charge is 2.32. The summed E-state index contributed by atoms with van der Waals surface area (Å²) in [5.74, 6) is 1.13. The van der Waals surface area contributed by atoms with Crippen molar-refractivity contribution >= 4 is 28.6 Å². The van der Waals surface area contributed by atoms with Crippen molar-refractivity contribution < 1.29 is 22.5 Å². The van der Waals surface area contributed by atoms with E-state index in [0.29, 0.717) is 56.0 Å². The Hall–Kier alpha value is -4.15. The summed E-state index contributed by atoms with van der Waals surface area (Å²) in [7, 11) is 0. The molecular weight excluding hydrogens is 509 g/mol. The number of rotatable bonds is 5. The molecule has 1 aliphatic rings. The predicted molar refractivity (Wildman–Crippen MR) is 143 cm³/mol. The van der Waals surface area contributed by atoms with Gasteiger partial charge in [-0.2, -0.15) is 18.2 Å². The average molecular weight is 539 g/mol. The number of nitrogens with one attached hydrogen (secondary N) is 1. The molecule has 0 saturated carbocycles. The normalized spacial score (nSPS) is 14.5. The fourth-order valence-corrected chi connectivity index (χ4v) is 4.72. The number of hydrogen-bond acceptors (Lipinski definition) is 6. The van der Waals surface area contributed by atoms with Gasteiger partial charge in [-0.15, -0.1) is 0 Å². The standard InChI is InChI=1S/C28H29F3N6O2/c1-3-8-22-33-25(23-24(35-39-26(23)34-22)19-10-6-11-20(17-19)28(29,30)31)36-13-7-14-37(16-15-36)27(38)32-21-12-5-4-9-18(21)2/h4-6,9-12,17H,3,7-8,13-16H2,1-2H3,(H,32,38). The van der Waals surface area contributed by atoms with E-state index in [2.05, 4.69) is 15.5 Å². The van der Waals surface area contributed by atoms with Crippen LogP contribution in [0.15, 0.2) is 53.1 Å². The van der Waals surface area contributed by atoms with Gasteiger partial charge in [0.1, 0.15) is 22.7 Å². The average Bonchev–Trinajstić information content (AvgIpc) is 3.18. The number of urea groups is 1. The van der Waals surface area contributed by atoms with Gasteiger partial charge in [-0.05, 0) is 43.5 Å². The molecule has 0 bridgehead atoms. The Kier molecular flexibility index (Phi) is 7.40. The van der Waals surface area contributed by atoms with Gasteiger partial charge in [0.05, 0.1) is 5.56 Å². The molecule has 8 nitrogen and oxygen atoms in total. The number of benzene rings is 2. The molecule has 0 radical (unpaired) electrons. The molecule has 11 heteroatoms. The zero-order valence-electron chi connectivity index (χ0n) is 21.8. The number of amides is 2. The maximum atomic E-state index is 13.4. The minimum absolute atomic E-state index is 0.180. The fraction of sp³-hybridized carbons (Fsp3) is 0.357. The lowest BCUT2D eigenvalue weighted by Gasteiger charge is -2.24. The van der Waals surface area contributed by atoms with Gasteiger partial charge in [-0.1, -0.05) is 42.4 Å². The highest BCUT2D eigenvalue weighted by Crippen LogP contribution is 2.37. The molecule has 1 saturated heterocycles. The van der Waals surface area contributed by atoms with Gasteiger partial charge in [0.15, 0.2) is 0 Å². The van der Waals surface area contributed by atoms with E-state index in [-0.39, 0.29) is 23.0 Å². The van der Waals surface area contributed by atoms with Crippen molar-refractivity contribution in [1.82, 2.24) is 20.0 Å². The summed E-state index contributed by atoms with van der Waals surface area (Å²) in [6.45, 7) is 6.02. The lowest BCUT2D eigenvalue weighted by atomic mass is 10.1. The molecule has 5 rings (SSSR count). The number of alkyl halides is 3.